The van der Waals surface area contributed by atoms with Gasteiger partial charge < -0.3 is 0 Å². The Labute approximate surface area is 120 Å². The monoisotopic (exact) mass is 315 g/mol. The third kappa shape index (κ3) is 3.43. The smallest absolute Gasteiger partial charge is 0.207 e. The molecule has 0 amide bonds. The molecule has 0 spiro atoms. The van der Waals surface area contributed by atoms with E-state index in [0.717, 1.165) is 22.5 Å². The van der Waals surface area contributed by atoms with E-state index >= 15 is 0 Å². The Balaban J connectivity index is 2.28. The zero-order chi connectivity index (χ0) is 15.6. The first-order valence-corrected chi connectivity index (χ1v) is 7.40. The topological polar surface area (TPSA) is 37.4 Å². The maximum absolute atomic E-state index is 13.5. The molecule has 2 rings (SSSR count). The highest BCUT2D eigenvalue weighted by atomic mass is 32.2. The molecule has 0 N–H and O–H groups in total. The van der Waals surface area contributed by atoms with Gasteiger partial charge in [-0.2, -0.15) is 4.31 Å². The first-order chi connectivity index (χ1) is 9.80. The van der Waals surface area contributed by atoms with Gasteiger partial charge in [0.15, 0.2) is 0 Å². The second-order valence-corrected chi connectivity index (χ2v) is 6.50. The lowest BCUT2D eigenvalue weighted by molar-refractivity contribution is 0.454. The zero-order valence-corrected chi connectivity index (χ0v) is 11.9. The molecule has 0 heterocycles. The van der Waals surface area contributed by atoms with Gasteiger partial charge in [0, 0.05) is 25.2 Å². The SMILES string of the molecule is CN(Cc1ccc(F)cc1F)S(=O)(=O)c1cccc(F)c1. The molecule has 0 saturated heterocycles. The second-order valence-electron chi connectivity index (χ2n) is 4.45. The van der Waals surface area contributed by atoms with Crippen molar-refractivity contribution in [1.82, 2.24) is 4.31 Å². The standard InChI is InChI=1S/C14H12F3NO2S/c1-18(9-10-5-6-12(16)8-14(10)17)21(19,20)13-4-2-3-11(15)7-13/h2-8H,9H2,1H3. The van der Waals surface area contributed by atoms with E-state index in [1.807, 2.05) is 0 Å². The van der Waals surface area contributed by atoms with Crippen LogP contribution in [0.5, 0.6) is 0 Å². The summed E-state index contributed by atoms with van der Waals surface area (Å²) in [5.74, 6) is -2.26. The largest absolute Gasteiger partial charge is 0.243 e. The zero-order valence-electron chi connectivity index (χ0n) is 11.1. The fraction of sp³-hybridized carbons (Fsp3) is 0.143. The van der Waals surface area contributed by atoms with Crippen molar-refractivity contribution in [2.45, 2.75) is 11.4 Å². The molecule has 2 aromatic carbocycles. The van der Waals surface area contributed by atoms with Crippen LogP contribution in [-0.2, 0) is 16.6 Å². The van der Waals surface area contributed by atoms with Gasteiger partial charge in [0.2, 0.25) is 10.0 Å². The van der Waals surface area contributed by atoms with Gasteiger partial charge in [-0.3, -0.25) is 0 Å². The summed E-state index contributed by atoms with van der Waals surface area (Å²) < 4.78 is 64.8. The van der Waals surface area contributed by atoms with Crippen molar-refractivity contribution in [2.24, 2.45) is 0 Å². The first-order valence-electron chi connectivity index (χ1n) is 5.96. The van der Waals surface area contributed by atoms with Crippen LogP contribution in [-0.4, -0.2) is 19.8 Å². The summed E-state index contributed by atoms with van der Waals surface area (Å²) in [4.78, 5) is -0.229. The third-order valence-electron chi connectivity index (χ3n) is 2.91. The summed E-state index contributed by atoms with van der Waals surface area (Å²) in [5, 5.41) is 0. The summed E-state index contributed by atoms with van der Waals surface area (Å²) in [6, 6.07) is 7.41. The molecule has 0 aliphatic rings. The van der Waals surface area contributed by atoms with Crippen molar-refractivity contribution < 1.29 is 21.6 Å². The molecule has 7 heteroatoms. The Kier molecular flexibility index (Phi) is 4.34. The Hall–Kier alpha value is -1.86. The highest BCUT2D eigenvalue weighted by molar-refractivity contribution is 7.89. The molecule has 0 aliphatic carbocycles. The molecule has 2 aromatic rings. The molecule has 0 aliphatic heterocycles. The van der Waals surface area contributed by atoms with E-state index in [0.29, 0.717) is 6.07 Å². The number of nitrogens with zero attached hydrogens (tertiary/aromatic N) is 1. The summed E-state index contributed by atoms with van der Waals surface area (Å²) in [7, 11) is -2.71. The minimum Gasteiger partial charge on any atom is -0.207 e. The number of sulfonamides is 1. The normalized spacial score (nSPS) is 11.9. The molecule has 0 fully saturated rings. The van der Waals surface area contributed by atoms with Crippen molar-refractivity contribution in [3.63, 3.8) is 0 Å². The summed E-state index contributed by atoms with van der Waals surface area (Å²) in [5.41, 5.74) is 0.0267. The van der Waals surface area contributed by atoms with Gasteiger partial charge in [0.25, 0.3) is 0 Å². The van der Waals surface area contributed by atoms with E-state index in [4.69, 9.17) is 0 Å². The van der Waals surface area contributed by atoms with E-state index in [2.05, 4.69) is 0 Å². The molecule has 0 atom stereocenters. The van der Waals surface area contributed by atoms with Crippen LogP contribution in [0.4, 0.5) is 13.2 Å². The fourth-order valence-corrected chi connectivity index (χ4v) is 2.96. The van der Waals surface area contributed by atoms with Crippen LogP contribution in [0.2, 0.25) is 0 Å². The average Bonchev–Trinajstić information content (AvgIpc) is 2.41. The Morgan fingerprint density at radius 1 is 1.00 bits per heavy atom. The van der Waals surface area contributed by atoms with Gasteiger partial charge in [-0.1, -0.05) is 12.1 Å². The van der Waals surface area contributed by atoms with Gasteiger partial charge in [-0.25, -0.2) is 21.6 Å². The molecule has 3 nitrogen and oxygen atoms in total. The first kappa shape index (κ1) is 15.5. The average molecular weight is 315 g/mol. The highest BCUT2D eigenvalue weighted by Gasteiger charge is 2.22. The molecule has 0 aromatic heterocycles. The van der Waals surface area contributed by atoms with Crippen LogP contribution in [0.1, 0.15) is 5.56 Å². The number of rotatable bonds is 4. The number of benzene rings is 2. The lowest BCUT2D eigenvalue weighted by Crippen LogP contribution is -2.27. The minimum absolute atomic E-state index is 0.0267. The predicted molar refractivity (Wildman–Crippen MR) is 71.4 cm³/mol. The number of hydrogen-bond acceptors (Lipinski definition) is 2. The summed E-state index contributed by atoms with van der Waals surface area (Å²) >= 11 is 0. The van der Waals surface area contributed by atoms with Crippen molar-refractivity contribution in [3.8, 4) is 0 Å². The highest BCUT2D eigenvalue weighted by Crippen LogP contribution is 2.19. The molecular formula is C14H12F3NO2S. The second kappa shape index (κ2) is 5.87. The predicted octanol–water partition coefficient (Wildman–Crippen LogP) is 2.92. The van der Waals surface area contributed by atoms with E-state index in [1.165, 1.54) is 25.2 Å². The van der Waals surface area contributed by atoms with Gasteiger partial charge in [0.1, 0.15) is 17.5 Å². The van der Waals surface area contributed by atoms with Crippen molar-refractivity contribution >= 4 is 10.0 Å². The molecular weight excluding hydrogens is 303 g/mol. The third-order valence-corrected chi connectivity index (χ3v) is 4.71. The quantitative estimate of drug-likeness (QED) is 0.870. The minimum atomic E-state index is -3.95. The van der Waals surface area contributed by atoms with E-state index in [-0.39, 0.29) is 17.0 Å². The van der Waals surface area contributed by atoms with Crippen LogP contribution in [0.15, 0.2) is 47.4 Å². The van der Waals surface area contributed by atoms with Crippen LogP contribution in [0.25, 0.3) is 0 Å². The summed E-state index contributed by atoms with van der Waals surface area (Å²) in [6.07, 6.45) is 0. The maximum Gasteiger partial charge on any atom is 0.243 e. The van der Waals surface area contributed by atoms with E-state index in [1.54, 1.807) is 0 Å². The van der Waals surface area contributed by atoms with E-state index < -0.39 is 27.5 Å². The van der Waals surface area contributed by atoms with Crippen LogP contribution >= 0.6 is 0 Å². The van der Waals surface area contributed by atoms with Gasteiger partial charge >= 0.3 is 0 Å². The van der Waals surface area contributed by atoms with Crippen molar-refractivity contribution in [2.75, 3.05) is 7.05 Å². The number of halogens is 3. The van der Waals surface area contributed by atoms with Gasteiger partial charge in [0.05, 0.1) is 4.90 Å². The van der Waals surface area contributed by atoms with Crippen LogP contribution < -0.4 is 0 Å². The molecule has 21 heavy (non-hydrogen) atoms. The lowest BCUT2D eigenvalue weighted by Gasteiger charge is -2.17. The van der Waals surface area contributed by atoms with E-state index in [9.17, 15) is 21.6 Å². The molecule has 0 radical (unpaired) electrons. The fourth-order valence-electron chi connectivity index (χ4n) is 1.78. The Morgan fingerprint density at radius 2 is 1.67 bits per heavy atom. The molecule has 0 unspecified atom stereocenters. The van der Waals surface area contributed by atoms with Crippen molar-refractivity contribution in [3.05, 3.63) is 65.5 Å². The molecule has 0 bridgehead atoms. The van der Waals surface area contributed by atoms with Crippen LogP contribution in [0, 0.1) is 17.5 Å². The molecule has 0 saturated carbocycles. The van der Waals surface area contributed by atoms with Gasteiger partial charge in [-0.05, 0) is 24.3 Å². The molecule has 112 valence electrons. The Morgan fingerprint density at radius 3 is 2.29 bits per heavy atom. The van der Waals surface area contributed by atoms with Crippen molar-refractivity contribution in [1.29, 1.82) is 0 Å². The van der Waals surface area contributed by atoms with Crippen LogP contribution in [0.3, 0.4) is 0 Å². The Bertz CT molecular complexity index is 763. The summed E-state index contributed by atoms with van der Waals surface area (Å²) in [6.45, 7) is -0.287. The number of hydrogen-bond donors (Lipinski definition) is 0. The maximum atomic E-state index is 13.5. The lowest BCUT2D eigenvalue weighted by atomic mass is 10.2. The van der Waals surface area contributed by atoms with Gasteiger partial charge in [-0.15, -0.1) is 0 Å².